The van der Waals surface area contributed by atoms with Gasteiger partial charge in [0.05, 0.1) is 17.1 Å². The van der Waals surface area contributed by atoms with Gasteiger partial charge in [0, 0.05) is 16.7 Å². The molecule has 0 saturated carbocycles. The van der Waals surface area contributed by atoms with Gasteiger partial charge in [0.2, 0.25) is 5.91 Å². The predicted octanol–water partition coefficient (Wildman–Crippen LogP) is 2.12. The number of aromatic nitrogens is 2. The van der Waals surface area contributed by atoms with Crippen LogP contribution in [-0.4, -0.2) is 21.9 Å². The number of rotatable bonds is 1. The molecule has 0 saturated heterocycles. The summed E-state index contributed by atoms with van der Waals surface area (Å²) in [5, 5.41) is 9.68. The number of hydrogen-bond acceptors (Lipinski definition) is 3. The van der Waals surface area contributed by atoms with Crippen LogP contribution < -0.4 is 5.32 Å². The lowest BCUT2D eigenvalue weighted by atomic mass is 10.1. The number of hydrogen-bond donors (Lipinski definition) is 2. The molecule has 0 spiro atoms. The van der Waals surface area contributed by atoms with E-state index >= 15 is 0 Å². The molecule has 0 aliphatic carbocycles. The van der Waals surface area contributed by atoms with Gasteiger partial charge in [0.1, 0.15) is 0 Å². The zero-order chi connectivity index (χ0) is 11.0. The number of thioether (sulfide) groups is 1. The Kier molecular flexibility index (Phi) is 2.18. The lowest BCUT2D eigenvalue weighted by Crippen LogP contribution is -2.18. The summed E-state index contributed by atoms with van der Waals surface area (Å²) in [6, 6.07) is 7.92. The van der Waals surface area contributed by atoms with Crippen molar-refractivity contribution in [2.75, 3.05) is 11.1 Å². The van der Waals surface area contributed by atoms with Gasteiger partial charge >= 0.3 is 0 Å². The minimum Gasteiger partial charge on any atom is -0.324 e. The predicted molar refractivity (Wildman–Crippen MR) is 63.4 cm³/mol. The number of fused-ring (bicyclic) bond motifs is 1. The standard InChI is InChI=1S/C11H9N3OS/c15-11-6-16-10-2-1-7(5-9(10)13-11)8-3-4-12-14-8/h1-5H,6H2,(H,12,14)(H,13,15). The minimum atomic E-state index is 0.0549. The Morgan fingerprint density at radius 2 is 2.25 bits per heavy atom. The molecular formula is C11H9N3OS. The van der Waals surface area contributed by atoms with Crippen molar-refractivity contribution in [3.05, 3.63) is 30.5 Å². The number of H-pyrrole nitrogens is 1. The van der Waals surface area contributed by atoms with Crippen LogP contribution in [0.25, 0.3) is 11.3 Å². The number of benzene rings is 1. The normalized spacial score (nSPS) is 14.4. The molecule has 2 N–H and O–H groups in total. The third-order valence-corrected chi connectivity index (χ3v) is 3.50. The van der Waals surface area contributed by atoms with Crippen LogP contribution in [0.1, 0.15) is 0 Å². The van der Waals surface area contributed by atoms with Crippen LogP contribution in [0, 0.1) is 0 Å². The van der Waals surface area contributed by atoms with E-state index in [-0.39, 0.29) is 5.91 Å². The summed E-state index contributed by atoms with van der Waals surface area (Å²) < 4.78 is 0. The second kappa shape index (κ2) is 3.68. The number of aromatic amines is 1. The number of carbonyl (C=O) groups excluding carboxylic acids is 1. The minimum absolute atomic E-state index is 0.0549. The first-order valence-corrected chi connectivity index (χ1v) is 5.88. The van der Waals surface area contributed by atoms with E-state index in [4.69, 9.17) is 0 Å². The number of carbonyl (C=O) groups is 1. The van der Waals surface area contributed by atoms with Gasteiger partial charge in [-0.2, -0.15) is 5.10 Å². The average Bonchev–Trinajstić information content (AvgIpc) is 2.81. The highest BCUT2D eigenvalue weighted by atomic mass is 32.2. The summed E-state index contributed by atoms with van der Waals surface area (Å²) in [7, 11) is 0. The Morgan fingerprint density at radius 3 is 3.06 bits per heavy atom. The molecule has 5 heteroatoms. The Bertz CT molecular complexity index is 536. The van der Waals surface area contributed by atoms with Crippen molar-refractivity contribution in [2.45, 2.75) is 4.90 Å². The van der Waals surface area contributed by atoms with Crippen molar-refractivity contribution in [3.63, 3.8) is 0 Å². The monoisotopic (exact) mass is 231 g/mol. The maximum absolute atomic E-state index is 11.3. The van der Waals surface area contributed by atoms with Crippen LogP contribution in [0.4, 0.5) is 5.69 Å². The molecule has 16 heavy (non-hydrogen) atoms. The molecule has 2 heterocycles. The molecule has 1 amide bonds. The molecule has 2 aromatic rings. The Hall–Kier alpha value is -1.75. The lowest BCUT2D eigenvalue weighted by Gasteiger charge is -2.16. The van der Waals surface area contributed by atoms with Gasteiger partial charge in [-0.25, -0.2) is 0 Å². The molecule has 1 aromatic heterocycles. The van der Waals surface area contributed by atoms with Gasteiger partial charge in [-0.05, 0) is 18.2 Å². The van der Waals surface area contributed by atoms with E-state index in [0.29, 0.717) is 5.75 Å². The van der Waals surface area contributed by atoms with Crippen LogP contribution in [0.2, 0.25) is 0 Å². The molecule has 0 bridgehead atoms. The second-order valence-corrected chi connectivity index (χ2v) is 4.54. The van der Waals surface area contributed by atoms with Crippen LogP contribution in [-0.2, 0) is 4.79 Å². The Morgan fingerprint density at radius 1 is 1.31 bits per heavy atom. The van der Waals surface area contributed by atoms with E-state index in [0.717, 1.165) is 21.8 Å². The first-order chi connectivity index (χ1) is 7.83. The quantitative estimate of drug-likeness (QED) is 0.790. The fraction of sp³-hybridized carbons (Fsp3) is 0.0909. The zero-order valence-corrected chi connectivity index (χ0v) is 9.17. The topological polar surface area (TPSA) is 57.8 Å². The third-order valence-electron chi connectivity index (χ3n) is 2.42. The number of nitrogens with zero attached hydrogens (tertiary/aromatic N) is 1. The molecule has 0 atom stereocenters. The highest BCUT2D eigenvalue weighted by molar-refractivity contribution is 8.00. The highest BCUT2D eigenvalue weighted by Gasteiger charge is 2.15. The van der Waals surface area contributed by atoms with Gasteiger partial charge < -0.3 is 5.32 Å². The Balaban J connectivity index is 2.04. The summed E-state index contributed by atoms with van der Waals surface area (Å²) in [6.07, 6.45) is 1.71. The third kappa shape index (κ3) is 1.59. The first-order valence-electron chi connectivity index (χ1n) is 4.89. The Labute approximate surface area is 96.4 Å². The second-order valence-electron chi connectivity index (χ2n) is 3.52. The van der Waals surface area contributed by atoms with Crippen molar-refractivity contribution in [1.29, 1.82) is 0 Å². The van der Waals surface area contributed by atoms with Crippen molar-refractivity contribution >= 4 is 23.4 Å². The number of nitrogens with one attached hydrogen (secondary N) is 2. The average molecular weight is 231 g/mol. The molecule has 1 aliphatic heterocycles. The summed E-state index contributed by atoms with van der Waals surface area (Å²) in [5.74, 6) is 0.551. The number of amides is 1. The molecule has 1 aromatic carbocycles. The smallest absolute Gasteiger partial charge is 0.234 e. The van der Waals surface area contributed by atoms with Crippen LogP contribution in [0.3, 0.4) is 0 Å². The van der Waals surface area contributed by atoms with Crippen molar-refractivity contribution in [1.82, 2.24) is 10.2 Å². The molecule has 0 unspecified atom stereocenters. The highest BCUT2D eigenvalue weighted by Crippen LogP contribution is 2.34. The maximum atomic E-state index is 11.3. The summed E-state index contributed by atoms with van der Waals surface area (Å²) in [4.78, 5) is 12.4. The van der Waals surface area contributed by atoms with E-state index in [2.05, 4.69) is 15.5 Å². The van der Waals surface area contributed by atoms with E-state index in [1.165, 1.54) is 0 Å². The van der Waals surface area contributed by atoms with Crippen LogP contribution in [0.5, 0.6) is 0 Å². The lowest BCUT2D eigenvalue weighted by molar-refractivity contribution is -0.113. The fourth-order valence-corrected chi connectivity index (χ4v) is 2.46. The van der Waals surface area contributed by atoms with Gasteiger partial charge in [-0.15, -0.1) is 11.8 Å². The van der Waals surface area contributed by atoms with Crippen molar-refractivity contribution in [3.8, 4) is 11.3 Å². The van der Waals surface area contributed by atoms with Crippen molar-refractivity contribution in [2.24, 2.45) is 0 Å². The van der Waals surface area contributed by atoms with Gasteiger partial charge in [0.25, 0.3) is 0 Å². The maximum Gasteiger partial charge on any atom is 0.234 e. The fourth-order valence-electron chi connectivity index (χ4n) is 1.67. The molecule has 3 rings (SSSR count). The van der Waals surface area contributed by atoms with E-state index in [1.807, 2.05) is 24.3 Å². The molecule has 0 radical (unpaired) electrons. The summed E-state index contributed by atoms with van der Waals surface area (Å²) in [5.41, 5.74) is 2.86. The molecule has 4 nitrogen and oxygen atoms in total. The summed E-state index contributed by atoms with van der Waals surface area (Å²) in [6.45, 7) is 0. The van der Waals surface area contributed by atoms with E-state index in [1.54, 1.807) is 18.0 Å². The van der Waals surface area contributed by atoms with Gasteiger partial charge in [-0.1, -0.05) is 6.07 Å². The largest absolute Gasteiger partial charge is 0.324 e. The van der Waals surface area contributed by atoms with Crippen LogP contribution in [0.15, 0.2) is 35.4 Å². The molecule has 1 aliphatic rings. The molecule has 0 fully saturated rings. The SMILES string of the molecule is O=C1CSc2ccc(-c3ccn[nH]3)cc2N1. The van der Waals surface area contributed by atoms with Gasteiger partial charge in [-0.3, -0.25) is 9.89 Å². The van der Waals surface area contributed by atoms with E-state index in [9.17, 15) is 4.79 Å². The molecule has 80 valence electrons. The first kappa shape index (κ1) is 9.47. The number of anilines is 1. The van der Waals surface area contributed by atoms with E-state index < -0.39 is 0 Å². The molecular weight excluding hydrogens is 222 g/mol. The van der Waals surface area contributed by atoms with Gasteiger partial charge in [0.15, 0.2) is 0 Å². The summed E-state index contributed by atoms with van der Waals surface area (Å²) >= 11 is 1.56. The van der Waals surface area contributed by atoms with Crippen LogP contribution >= 0.6 is 11.8 Å². The zero-order valence-electron chi connectivity index (χ0n) is 8.36. The van der Waals surface area contributed by atoms with Crippen molar-refractivity contribution < 1.29 is 4.79 Å².